The second kappa shape index (κ2) is 7.06. The Morgan fingerprint density at radius 1 is 1.29 bits per heavy atom. The van der Waals surface area contributed by atoms with Gasteiger partial charge in [-0.15, -0.1) is 0 Å². The molecule has 1 amide bonds. The molecule has 1 aromatic heterocycles. The maximum Gasteiger partial charge on any atom is 0.264 e. The standard InChI is InChI=1S/C13H21N3O4S/c1-15(9-5-7-16(20-4)8-6-9)12(17)10-11(18-2)14-21-13(10)19-3/h9H,5-8H2,1-4H3. The van der Waals surface area contributed by atoms with Crippen LogP contribution in [0.4, 0.5) is 0 Å². The molecule has 0 radical (unpaired) electrons. The average Bonchev–Trinajstić information content (AvgIpc) is 2.96. The van der Waals surface area contributed by atoms with Crippen LogP contribution in [0.25, 0.3) is 0 Å². The van der Waals surface area contributed by atoms with E-state index >= 15 is 0 Å². The van der Waals surface area contributed by atoms with E-state index in [1.165, 1.54) is 14.2 Å². The van der Waals surface area contributed by atoms with Crippen LogP contribution in [0.1, 0.15) is 23.2 Å². The van der Waals surface area contributed by atoms with Gasteiger partial charge >= 0.3 is 0 Å². The molecule has 0 spiro atoms. The minimum Gasteiger partial charge on any atom is -0.485 e. The van der Waals surface area contributed by atoms with E-state index in [-0.39, 0.29) is 11.9 Å². The fourth-order valence-corrected chi connectivity index (χ4v) is 3.15. The number of rotatable bonds is 5. The maximum absolute atomic E-state index is 12.7. The highest BCUT2D eigenvalue weighted by Crippen LogP contribution is 2.34. The number of piperidine rings is 1. The van der Waals surface area contributed by atoms with Gasteiger partial charge in [-0.2, -0.15) is 9.44 Å². The van der Waals surface area contributed by atoms with Gasteiger partial charge in [-0.25, -0.2) is 0 Å². The third-order valence-corrected chi connectivity index (χ3v) is 4.57. The third-order valence-electron chi connectivity index (χ3n) is 3.77. The lowest BCUT2D eigenvalue weighted by Gasteiger charge is -2.35. The van der Waals surface area contributed by atoms with Crippen molar-refractivity contribution >= 4 is 17.4 Å². The highest BCUT2D eigenvalue weighted by molar-refractivity contribution is 7.08. The zero-order valence-corrected chi connectivity index (χ0v) is 13.6. The highest BCUT2D eigenvalue weighted by atomic mass is 32.1. The number of carbonyl (C=O) groups is 1. The summed E-state index contributed by atoms with van der Waals surface area (Å²) in [5, 5.41) is 2.39. The van der Waals surface area contributed by atoms with Gasteiger partial charge in [-0.1, -0.05) is 0 Å². The Balaban J connectivity index is 2.11. The van der Waals surface area contributed by atoms with Gasteiger partial charge in [0.2, 0.25) is 10.9 Å². The summed E-state index contributed by atoms with van der Waals surface area (Å²) in [4.78, 5) is 19.7. The van der Waals surface area contributed by atoms with E-state index in [1.54, 1.807) is 12.0 Å². The molecule has 0 aliphatic carbocycles. The normalized spacial score (nSPS) is 16.8. The van der Waals surface area contributed by atoms with Crippen molar-refractivity contribution in [2.75, 3.05) is 41.5 Å². The molecular formula is C13H21N3O4S. The number of hydrogen-bond donors (Lipinski definition) is 0. The molecule has 118 valence electrons. The Morgan fingerprint density at radius 3 is 2.48 bits per heavy atom. The van der Waals surface area contributed by atoms with Gasteiger partial charge in [0.1, 0.15) is 0 Å². The summed E-state index contributed by atoms with van der Waals surface area (Å²) in [5.41, 5.74) is 0.404. The summed E-state index contributed by atoms with van der Waals surface area (Å²) in [6.45, 7) is 1.63. The first-order valence-electron chi connectivity index (χ1n) is 6.76. The second-order valence-electron chi connectivity index (χ2n) is 4.82. The minimum absolute atomic E-state index is 0.117. The number of ether oxygens (including phenoxy) is 2. The van der Waals surface area contributed by atoms with E-state index in [0.29, 0.717) is 16.5 Å². The molecule has 8 heteroatoms. The van der Waals surface area contributed by atoms with Crippen LogP contribution < -0.4 is 9.47 Å². The Labute approximate surface area is 128 Å². The summed E-state index contributed by atoms with van der Waals surface area (Å²) in [6, 6.07) is 0.179. The van der Waals surface area contributed by atoms with E-state index < -0.39 is 0 Å². The van der Waals surface area contributed by atoms with Gasteiger partial charge in [-0.3, -0.25) is 4.79 Å². The van der Waals surface area contributed by atoms with E-state index in [9.17, 15) is 4.79 Å². The Bertz CT molecular complexity index is 464. The summed E-state index contributed by atoms with van der Waals surface area (Å²) >= 11 is 1.12. The SMILES string of the molecule is COc1nsc(OC)c1C(=O)N(C)C1CCN(OC)CC1. The molecule has 0 N–H and O–H groups in total. The van der Waals surface area contributed by atoms with Gasteiger partial charge in [0, 0.05) is 37.7 Å². The number of nitrogens with zero attached hydrogens (tertiary/aromatic N) is 3. The van der Waals surface area contributed by atoms with Crippen molar-refractivity contribution in [2.45, 2.75) is 18.9 Å². The van der Waals surface area contributed by atoms with Crippen molar-refractivity contribution < 1.29 is 19.1 Å². The van der Waals surface area contributed by atoms with Crippen molar-refractivity contribution in [3.8, 4) is 10.9 Å². The molecule has 1 aliphatic heterocycles. The van der Waals surface area contributed by atoms with Crippen LogP contribution in [0.3, 0.4) is 0 Å². The van der Waals surface area contributed by atoms with Gasteiger partial charge in [0.25, 0.3) is 5.91 Å². The second-order valence-corrected chi connectivity index (χ2v) is 5.55. The van der Waals surface area contributed by atoms with Crippen molar-refractivity contribution in [3.05, 3.63) is 5.56 Å². The molecule has 0 bridgehead atoms. The average molecular weight is 315 g/mol. The molecule has 0 aromatic carbocycles. The number of aromatic nitrogens is 1. The molecule has 1 aliphatic rings. The van der Waals surface area contributed by atoms with Gasteiger partial charge in [0.05, 0.1) is 21.3 Å². The number of hydrogen-bond acceptors (Lipinski definition) is 7. The first kappa shape index (κ1) is 16.0. The van der Waals surface area contributed by atoms with Gasteiger partial charge in [0.15, 0.2) is 5.56 Å². The lowest BCUT2D eigenvalue weighted by atomic mass is 10.0. The summed E-state index contributed by atoms with van der Waals surface area (Å²) < 4.78 is 14.5. The summed E-state index contributed by atoms with van der Waals surface area (Å²) in [7, 11) is 6.51. The molecule has 1 saturated heterocycles. The zero-order valence-electron chi connectivity index (χ0n) is 12.8. The third kappa shape index (κ3) is 3.28. The van der Waals surface area contributed by atoms with Crippen molar-refractivity contribution in [1.29, 1.82) is 0 Å². The largest absolute Gasteiger partial charge is 0.485 e. The maximum atomic E-state index is 12.7. The monoisotopic (exact) mass is 315 g/mol. The highest BCUT2D eigenvalue weighted by Gasteiger charge is 2.31. The predicted molar refractivity (Wildman–Crippen MR) is 78.9 cm³/mol. The van der Waals surface area contributed by atoms with Crippen LogP contribution in [-0.2, 0) is 4.84 Å². The Morgan fingerprint density at radius 2 is 1.95 bits per heavy atom. The van der Waals surface area contributed by atoms with E-state index in [2.05, 4.69) is 4.37 Å². The fourth-order valence-electron chi connectivity index (χ4n) is 2.47. The van der Waals surface area contributed by atoms with E-state index in [0.717, 1.165) is 37.5 Å². The topological polar surface area (TPSA) is 64.1 Å². The molecule has 0 atom stereocenters. The molecule has 0 unspecified atom stereocenters. The predicted octanol–water partition coefficient (Wildman–Crippen LogP) is 1.26. The lowest BCUT2D eigenvalue weighted by molar-refractivity contribution is -0.148. The number of hydroxylamine groups is 2. The number of amides is 1. The first-order chi connectivity index (χ1) is 10.1. The van der Waals surface area contributed by atoms with Crippen molar-refractivity contribution in [1.82, 2.24) is 14.3 Å². The molecule has 1 fully saturated rings. The quantitative estimate of drug-likeness (QED) is 0.815. The number of carbonyl (C=O) groups excluding carboxylic acids is 1. The molecule has 2 heterocycles. The van der Waals surface area contributed by atoms with Crippen LogP contribution in [0.2, 0.25) is 0 Å². The van der Waals surface area contributed by atoms with Crippen LogP contribution in [0, 0.1) is 0 Å². The van der Waals surface area contributed by atoms with Crippen LogP contribution in [0.5, 0.6) is 10.9 Å². The van der Waals surface area contributed by atoms with Crippen molar-refractivity contribution in [2.24, 2.45) is 0 Å². The summed E-state index contributed by atoms with van der Waals surface area (Å²) in [6.07, 6.45) is 1.75. The van der Waals surface area contributed by atoms with Crippen LogP contribution in [0.15, 0.2) is 0 Å². The van der Waals surface area contributed by atoms with Gasteiger partial charge in [-0.05, 0) is 12.8 Å². The first-order valence-corrected chi connectivity index (χ1v) is 7.53. The Kier molecular flexibility index (Phi) is 5.38. The van der Waals surface area contributed by atoms with E-state index in [4.69, 9.17) is 14.3 Å². The molecule has 2 rings (SSSR count). The molecular weight excluding hydrogens is 294 g/mol. The zero-order chi connectivity index (χ0) is 15.4. The fraction of sp³-hybridized carbons (Fsp3) is 0.692. The van der Waals surface area contributed by atoms with Crippen molar-refractivity contribution in [3.63, 3.8) is 0 Å². The minimum atomic E-state index is -0.117. The van der Waals surface area contributed by atoms with Crippen LogP contribution in [-0.4, -0.2) is 67.8 Å². The van der Waals surface area contributed by atoms with Gasteiger partial charge < -0.3 is 19.2 Å². The smallest absolute Gasteiger partial charge is 0.264 e. The Hall–Kier alpha value is -1.38. The summed E-state index contributed by atoms with van der Waals surface area (Å²) in [5.74, 6) is 0.205. The molecule has 21 heavy (non-hydrogen) atoms. The molecule has 7 nitrogen and oxygen atoms in total. The molecule has 1 aromatic rings. The van der Waals surface area contributed by atoms with E-state index in [1.807, 2.05) is 12.1 Å². The lowest BCUT2D eigenvalue weighted by Crippen LogP contribution is -2.45. The number of methoxy groups -OCH3 is 2. The van der Waals surface area contributed by atoms with Crippen LogP contribution >= 0.6 is 11.5 Å². The molecule has 0 saturated carbocycles.